The normalized spacial score (nSPS) is 16.7. The zero-order chi connectivity index (χ0) is 15.5. The van der Waals surface area contributed by atoms with Crippen molar-refractivity contribution < 1.29 is 4.79 Å². The Morgan fingerprint density at radius 1 is 1.09 bits per heavy atom. The number of rotatable bonds is 2. The van der Waals surface area contributed by atoms with Gasteiger partial charge in [-0.25, -0.2) is 4.79 Å². The molecule has 3 nitrogen and oxygen atoms in total. The van der Waals surface area contributed by atoms with Gasteiger partial charge in [-0.2, -0.15) is 0 Å². The molecule has 0 saturated carbocycles. The molecule has 0 saturated heterocycles. The first-order chi connectivity index (χ1) is 10.6. The molecule has 0 fully saturated rings. The van der Waals surface area contributed by atoms with Crippen molar-refractivity contribution in [3.8, 4) is 0 Å². The number of anilines is 1. The van der Waals surface area contributed by atoms with E-state index in [9.17, 15) is 4.79 Å². The molecule has 0 radical (unpaired) electrons. The van der Waals surface area contributed by atoms with Crippen LogP contribution in [0.4, 0.5) is 10.5 Å². The van der Waals surface area contributed by atoms with Gasteiger partial charge in [0.15, 0.2) is 0 Å². The zero-order valence-corrected chi connectivity index (χ0v) is 13.4. The van der Waals surface area contributed by atoms with Crippen molar-refractivity contribution in [3.63, 3.8) is 0 Å². The fraction of sp³-hybridized carbons (Fsp3) is 0.235. The first-order valence-corrected chi connectivity index (χ1v) is 7.99. The van der Waals surface area contributed by atoms with Crippen molar-refractivity contribution >= 4 is 34.9 Å². The van der Waals surface area contributed by atoms with Crippen molar-refractivity contribution in [1.82, 2.24) is 5.32 Å². The van der Waals surface area contributed by atoms with Gasteiger partial charge in [0.05, 0.1) is 16.1 Å². The number of aryl methyl sites for hydroxylation is 1. The Balaban J connectivity index is 1.69. The number of benzene rings is 2. The molecule has 3 rings (SSSR count). The van der Waals surface area contributed by atoms with Crippen molar-refractivity contribution in [2.45, 2.75) is 25.3 Å². The van der Waals surface area contributed by atoms with E-state index in [1.165, 1.54) is 11.1 Å². The van der Waals surface area contributed by atoms with E-state index in [0.29, 0.717) is 15.7 Å². The first-order valence-electron chi connectivity index (χ1n) is 7.24. The van der Waals surface area contributed by atoms with Crippen LogP contribution in [0, 0.1) is 0 Å². The Bertz CT molecular complexity index is 703. The van der Waals surface area contributed by atoms with Crippen LogP contribution in [-0.4, -0.2) is 6.03 Å². The Morgan fingerprint density at radius 3 is 2.73 bits per heavy atom. The Morgan fingerprint density at radius 2 is 1.91 bits per heavy atom. The van der Waals surface area contributed by atoms with E-state index in [-0.39, 0.29) is 12.1 Å². The lowest BCUT2D eigenvalue weighted by molar-refractivity contribution is 0.247. The largest absolute Gasteiger partial charge is 0.331 e. The predicted octanol–water partition coefficient (Wildman–Crippen LogP) is 5.19. The Kier molecular flexibility index (Phi) is 4.55. The summed E-state index contributed by atoms with van der Waals surface area (Å²) in [6.07, 6.45) is 3.10. The highest BCUT2D eigenvalue weighted by molar-refractivity contribution is 6.42. The van der Waals surface area contributed by atoms with Gasteiger partial charge >= 0.3 is 6.03 Å². The van der Waals surface area contributed by atoms with Crippen LogP contribution in [0.25, 0.3) is 0 Å². The minimum Gasteiger partial charge on any atom is -0.331 e. The van der Waals surface area contributed by atoms with E-state index in [0.717, 1.165) is 19.3 Å². The molecule has 0 aromatic heterocycles. The van der Waals surface area contributed by atoms with Crippen LogP contribution < -0.4 is 10.6 Å². The predicted molar refractivity (Wildman–Crippen MR) is 90.7 cm³/mol. The molecule has 1 aliphatic carbocycles. The standard InChI is InChI=1S/C17H16Cl2N2O/c18-14-9-8-12(10-15(14)19)20-17(22)21-16-7-3-5-11-4-1-2-6-13(11)16/h1-2,4,6,8-10,16H,3,5,7H2,(H2,20,21,22). The Hall–Kier alpha value is -1.71. The molecule has 1 atom stereocenters. The third-order valence-corrected chi connectivity index (χ3v) is 4.59. The number of nitrogens with one attached hydrogen (secondary N) is 2. The van der Waals surface area contributed by atoms with Gasteiger partial charge in [-0.15, -0.1) is 0 Å². The van der Waals surface area contributed by atoms with Gasteiger partial charge in [-0.1, -0.05) is 47.5 Å². The molecule has 22 heavy (non-hydrogen) atoms. The number of hydrogen-bond donors (Lipinski definition) is 2. The minimum absolute atomic E-state index is 0.0488. The van der Waals surface area contributed by atoms with E-state index >= 15 is 0 Å². The van der Waals surface area contributed by atoms with Crippen LogP contribution in [0.2, 0.25) is 10.0 Å². The maximum atomic E-state index is 12.2. The van der Waals surface area contributed by atoms with Crippen LogP contribution in [0.3, 0.4) is 0 Å². The monoisotopic (exact) mass is 334 g/mol. The number of fused-ring (bicyclic) bond motifs is 1. The number of urea groups is 1. The molecule has 1 aliphatic rings. The van der Waals surface area contributed by atoms with E-state index in [1.54, 1.807) is 18.2 Å². The third kappa shape index (κ3) is 3.37. The molecule has 0 heterocycles. The van der Waals surface area contributed by atoms with Crippen molar-refractivity contribution in [2.75, 3.05) is 5.32 Å². The van der Waals surface area contributed by atoms with Gasteiger partial charge in [-0.05, 0) is 48.6 Å². The molecule has 2 amide bonds. The van der Waals surface area contributed by atoms with Crippen molar-refractivity contribution in [2.24, 2.45) is 0 Å². The number of carbonyl (C=O) groups is 1. The molecule has 0 bridgehead atoms. The third-order valence-electron chi connectivity index (χ3n) is 3.85. The van der Waals surface area contributed by atoms with Crippen molar-refractivity contribution in [1.29, 1.82) is 0 Å². The summed E-state index contributed by atoms with van der Waals surface area (Å²) in [6.45, 7) is 0. The smallest absolute Gasteiger partial charge is 0.319 e. The van der Waals surface area contributed by atoms with Crippen LogP contribution in [0.1, 0.15) is 30.0 Å². The number of amides is 2. The fourth-order valence-corrected chi connectivity index (χ4v) is 3.10. The van der Waals surface area contributed by atoms with Gasteiger partial charge < -0.3 is 10.6 Å². The summed E-state index contributed by atoms with van der Waals surface area (Å²) < 4.78 is 0. The molecule has 1 unspecified atom stereocenters. The van der Waals surface area contributed by atoms with Gasteiger partial charge in [0, 0.05) is 5.69 Å². The second-order valence-corrected chi connectivity index (χ2v) is 6.19. The summed E-state index contributed by atoms with van der Waals surface area (Å²) >= 11 is 11.8. The van der Waals surface area contributed by atoms with Crippen LogP contribution in [0.15, 0.2) is 42.5 Å². The SMILES string of the molecule is O=C(Nc1ccc(Cl)c(Cl)c1)NC1CCCc2ccccc21. The van der Waals surface area contributed by atoms with Crippen LogP contribution in [-0.2, 0) is 6.42 Å². The topological polar surface area (TPSA) is 41.1 Å². The fourth-order valence-electron chi connectivity index (χ4n) is 2.80. The van der Waals surface area contributed by atoms with Crippen LogP contribution >= 0.6 is 23.2 Å². The lowest BCUT2D eigenvalue weighted by atomic mass is 9.88. The van der Waals surface area contributed by atoms with Crippen LogP contribution in [0.5, 0.6) is 0 Å². The maximum Gasteiger partial charge on any atom is 0.319 e. The average Bonchev–Trinajstić information content (AvgIpc) is 2.51. The molecule has 2 N–H and O–H groups in total. The highest BCUT2D eigenvalue weighted by atomic mass is 35.5. The highest BCUT2D eigenvalue weighted by Crippen LogP contribution is 2.29. The molecule has 2 aromatic rings. The quantitative estimate of drug-likeness (QED) is 0.779. The Labute approximate surface area is 139 Å². The second-order valence-electron chi connectivity index (χ2n) is 5.37. The molecular formula is C17H16Cl2N2O. The summed E-state index contributed by atoms with van der Waals surface area (Å²) in [6, 6.07) is 13.1. The van der Waals surface area contributed by atoms with Gasteiger partial charge in [0.1, 0.15) is 0 Å². The van der Waals surface area contributed by atoms with E-state index in [4.69, 9.17) is 23.2 Å². The minimum atomic E-state index is -0.236. The number of carbonyl (C=O) groups excluding carboxylic acids is 1. The summed E-state index contributed by atoms with van der Waals surface area (Å²) in [5, 5.41) is 6.71. The first kappa shape index (κ1) is 15.2. The van der Waals surface area contributed by atoms with E-state index in [2.05, 4.69) is 22.8 Å². The maximum absolute atomic E-state index is 12.2. The second kappa shape index (κ2) is 6.59. The zero-order valence-electron chi connectivity index (χ0n) is 11.9. The number of hydrogen-bond acceptors (Lipinski definition) is 1. The highest BCUT2D eigenvalue weighted by Gasteiger charge is 2.21. The average molecular weight is 335 g/mol. The molecular weight excluding hydrogens is 319 g/mol. The summed E-state index contributed by atoms with van der Waals surface area (Å²) in [5.41, 5.74) is 3.14. The summed E-state index contributed by atoms with van der Waals surface area (Å²) in [4.78, 5) is 12.2. The molecule has 2 aromatic carbocycles. The van der Waals surface area contributed by atoms with Gasteiger partial charge in [-0.3, -0.25) is 0 Å². The van der Waals surface area contributed by atoms with E-state index < -0.39 is 0 Å². The molecule has 0 aliphatic heterocycles. The lowest BCUT2D eigenvalue weighted by Crippen LogP contribution is -2.34. The van der Waals surface area contributed by atoms with Gasteiger partial charge in [0.25, 0.3) is 0 Å². The molecule has 0 spiro atoms. The summed E-state index contributed by atoms with van der Waals surface area (Å²) in [5.74, 6) is 0. The lowest BCUT2D eigenvalue weighted by Gasteiger charge is -2.26. The van der Waals surface area contributed by atoms with Gasteiger partial charge in [0.2, 0.25) is 0 Å². The van der Waals surface area contributed by atoms with Crippen molar-refractivity contribution in [3.05, 3.63) is 63.6 Å². The van der Waals surface area contributed by atoms with E-state index in [1.807, 2.05) is 12.1 Å². The summed E-state index contributed by atoms with van der Waals surface area (Å²) in [7, 11) is 0. The number of halogens is 2. The molecule has 5 heteroatoms. The molecule has 114 valence electrons.